The Morgan fingerprint density at radius 1 is 1.23 bits per heavy atom. The van der Waals surface area contributed by atoms with Crippen molar-refractivity contribution in [2.75, 3.05) is 6.54 Å². The molecule has 0 aliphatic carbocycles. The van der Waals surface area contributed by atoms with Gasteiger partial charge in [-0.25, -0.2) is 9.97 Å². The topological polar surface area (TPSA) is 59.8 Å². The van der Waals surface area contributed by atoms with Gasteiger partial charge in [0.25, 0.3) is 5.91 Å². The van der Waals surface area contributed by atoms with Gasteiger partial charge in [0.1, 0.15) is 11.8 Å². The summed E-state index contributed by atoms with van der Waals surface area (Å²) in [5.41, 5.74) is 4.15. The summed E-state index contributed by atoms with van der Waals surface area (Å²) in [5, 5.41) is 2.92. The normalized spacial score (nSPS) is 10.8. The number of nitrogens with zero attached hydrogens (tertiary/aromatic N) is 3. The summed E-state index contributed by atoms with van der Waals surface area (Å²) in [6.07, 6.45) is 4.40. The zero-order chi connectivity index (χ0) is 15.5. The van der Waals surface area contributed by atoms with Crippen molar-refractivity contribution >= 4 is 17.1 Å². The van der Waals surface area contributed by atoms with Gasteiger partial charge in [0, 0.05) is 18.3 Å². The quantitative estimate of drug-likeness (QED) is 0.805. The van der Waals surface area contributed by atoms with Crippen molar-refractivity contribution in [1.82, 2.24) is 19.9 Å². The molecule has 0 aliphatic heterocycles. The van der Waals surface area contributed by atoms with Crippen LogP contribution in [-0.4, -0.2) is 27.0 Å². The Balaban J connectivity index is 2.07. The van der Waals surface area contributed by atoms with Gasteiger partial charge in [-0.2, -0.15) is 0 Å². The lowest BCUT2D eigenvalue weighted by Gasteiger charge is -2.12. The molecule has 2 aromatic heterocycles. The predicted octanol–water partition coefficient (Wildman–Crippen LogP) is 2.87. The summed E-state index contributed by atoms with van der Waals surface area (Å²) in [7, 11) is 0. The first-order valence-electron chi connectivity index (χ1n) is 7.38. The summed E-state index contributed by atoms with van der Waals surface area (Å²) in [6, 6.07) is 9.49. The van der Waals surface area contributed by atoms with Crippen molar-refractivity contribution < 1.29 is 4.79 Å². The number of hydrogen-bond donors (Lipinski definition) is 1. The zero-order valence-electron chi connectivity index (χ0n) is 12.7. The number of imidazole rings is 1. The summed E-state index contributed by atoms with van der Waals surface area (Å²) < 4.78 is 1.92. The lowest BCUT2D eigenvalue weighted by Crippen LogP contribution is -2.25. The molecule has 1 N–H and O–H groups in total. The van der Waals surface area contributed by atoms with Crippen molar-refractivity contribution in [2.45, 2.75) is 20.3 Å². The summed E-state index contributed by atoms with van der Waals surface area (Å²) in [4.78, 5) is 21.0. The smallest absolute Gasteiger partial charge is 0.251 e. The second kappa shape index (κ2) is 5.97. The second-order valence-corrected chi connectivity index (χ2v) is 5.17. The molecule has 0 bridgehead atoms. The minimum absolute atomic E-state index is 0.0430. The third-order valence-electron chi connectivity index (χ3n) is 3.65. The number of carbonyl (C=O) groups excluding carboxylic acids is 1. The maximum atomic E-state index is 12.3. The fourth-order valence-electron chi connectivity index (χ4n) is 2.49. The second-order valence-electron chi connectivity index (χ2n) is 5.17. The van der Waals surface area contributed by atoms with Crippen LogP contribution in [0.25, 0.3) is 16.9 Å². The molecule has 22 heavy (non-hydrogen) atoms. The van der Waals surface area contributed by atoms with E-state index in [1.165, 1.54) is 0 Å². The van der Waals surface area contributed by atoms with Crippen LogP contribution in [0.1, 0.15) is 29.3 Å². The highest BCUT2D eigenvalue weighted by Gasteiger charge is 2.14. The predicted molar refractivity (Wildman–Crippen MR) is 86.2 cm³/mol. The van der Waals surface area contributed by atoms with Gasteiger partial charge in [0.15, 0.2) is 5.65 Å². The number of aromatic nitrogens is 3. The van der Waals surface area contributed by atoms with E-state index in [0.717, 1.165) is 28.8 Å². The molecule has 2 heterocycles. The standard InChI is InChI=1S/C17H18N4O/c1-3-9-19-17(22)13-6-4-8-15(12(13)2)21-11-20-14-7-5-10-18-16(14)21/h4-8,10-11H,3,9H2,1-2H3,(H,19,22). The van der Waals surface area contributed by atoms with E-state index in [1.54, 1.807) is 12.5 Å². The minimum Gasteiger partial charge on any atom is -0.352 e. The van der Waals surface area contributed by atoms with Crippen LogP contribution >= 0.6 is 0 Å². The Hall–Kier alpha value is -2.69. The fourth-order valence-corrected chi connectivity index (χ4v) is 2.49. The molecule has 0 saturated heterocycles. The Kier molecular flexibility index (Phi) is 3.87. The van der Waals surface area contributed by atoms with E-state index >= 15 is 0 Å². The van der Waals surface area contributed by atoms with Crippen LogP contribution in [0.15, 0.2) is 42.9 Å². The minimum atomic E-state index is -0.0430. The van der Waals surface area contributed by atoms with E-state index in [2.05, 4.69) is 15.3 Å². The molecule has 0 saturated carbocycles. The van der Waals surface area contributed by atoms with Crippen molar-refractivity contribution in [1.29, 1.82) is 0 Å². The number of benzene rings is 1. The molecule has 5 heteroatoms. The Bertz CT molecular complexity index is 822. The molecule has 0 fully saturated rings. The zero-order valence-corrected chi connectivity index (χ0v) is 12.7. The number of amides is 1. The fraction of sp³-hybridized carbons (Fsp3) is 0.235. The maximum Gasteiger partial charge on any atom is 0.251 e. The molecule has 112 valence electrons. The molecular formula is C17H18N4O. The van der Waals surface area contributed by atoms with Gasteiger partial charge in [0.05, 0.1) is 5.69 Å². The average Bonchev–Trinajstić information content (AvgIpc) is 2.97. The number of pyridine rings is 1. The van der Waals surface area contributed by atoms with Crippen LogP contribution in [0.2, 0.25) is 0 Å². The van der Waals surface area contributed by atoms with Gasteiger partial charge >= 0.3 is 0 Å². The van der Waals surface area contributed by atoms with E-state index in [1.807, 2.05) is 48.7 Å². The maximum absolute atomic E-state index is 12.3. The highest BCUT2D eigenvalue weighted by Crippen LogP contribution is 2.21. The molecular weight excluding hydrogens is 276 g/mol. The van der Waals surface area contributed by atoms with E-state index < -0.39 is 0 Å². The first-order valence-corrected chi connectivity index (χ1v) is 7.38. The van der Waals surface area contributed by atoms with E-state index in [4.69, 9.17) is 0 Å². The number of rotatable bonds is 4. The van der Waals surface area contributed by atoms with Gasteiger partial charge in [-0.15, -0.1) is 0 Å². The molecule has 0 spiro atoms. The highest BCUT2D eigenvalue weighted by atomic mass is 16.1. The number of fused-ring (bicyclic) bond motifs is 1. The first-order chi connectivity index (χ1) is 10.7. The van der Waals surface area contributed by atoms with Gasteiger partial charge in [-0.3, -0.25) is 9.36 Å². The molecule has 5 nitrogen and oxygen atoms in total. The van der Waals surface area contributed by atoms with E-state index in [0.29, 0.717) is 12.1 Å². The third kappa shape index (κ3) is 2.45. The summed E-state index contributed by atoms with van der Waals surface area (Å²) >= 11 is 0. The largest absolute Gasteiger partial charge is 0.352 e. The molecule has 3 rings (SSSR count). The average molecular weight is 294 g/mol. The summed E-state index contributed by atoms with van der Waals surface area (Å²) in [5.74, 6) is -0.0430. The van der Waals surface area contributed by atoms with E-state index in [9.17, 15) is 4.79 Å². The van der Waals surface area contributed by atoms with Crippen LogP contribution in [-0.2, 0) is 0 Å². The summed E-state index contributed by atoms with van der Waals surface area (Å²) in [6.45, 7) is 4.66. The van der Waals surface area contributed by atoms with Gasteiger partial charge in [-0.05, 0) is 43.2 Å². The first kappa shape index (κ1) is 14.3. The monoisotopic (exact) mass is 294 g/mol. The number of nitrogens with one attached hydrogen (secondary N) is 1. The molecule has 0 radical (unpaired) electrons. The van der Waals surface area contributed by atoms with Crippen LogP contribution in [0.3, 0.4) is 0 Å². The van der Waals surface area contributed by atoms with Crippen LogP contribution in [0.4, 0.5) is 0 Å². The Morgan fingerprint density at radius 2 is 2.09 bits per heavy atom. The highest BCUT2D eigenvalue weighted by molar-refractivity contribution is 5.96. The SMILES string of the molecule is CCCNC(=O)c1cccc(-n2cnc3cccnc32)c1C. The molecule has 3 aromatic rings. The van der Waals surface area contributed by atoms with Crippen molar-refractivity contribution in [3.05, 3.63) is 54.0 Å². The van der Waals surface area contributed by atoms with Gasteiger partial charge in [0.2, 0.25) is 0 Å². The van der Waals surface area contributed by atoms with Crippen molar-refractivity contribution in [2.24, 2.45) is 0 Å². The Morgan fingerprint density at radius 3 is 2.91 bits per heavy atom. The lowest BCUT2D eigenvalue weighted by molar-refractivity contribution is 0.0953. The molecule has 1 aromatic carbocycles. The Labute approximate surface area is 129 Å². The van der Waals surface area contributed by atoms with E-state index in [-0.39, 0.29) is 5.91 Å². The van der Waals surface area contributed by atoms with Crippen molar-refractivity contribution in [3.63, 3.8) is 0 Å². The number of hydrogen-bond acceptors (Lipinski definition) is 3. The van der Waals surface area contributed by atoms with Crippen molar-refractivity contribution in [3.8, 4) is 5.69 Å². The molecule has 0 aliphatic rings. The van der Waals surface area contributed by atoms with Crippen LogP contribution in [0.5, 0.6) is 0 Å². The molecule has 0 unspecified atom stereocenters. The van der Waals surface area contributed by atoms with Crippen LogP contribution < -0.4 is 5.32 Å². The van der Waals surface area contributed by atoms with Gasteiger partial charge in [-0.1, -0.05) is 13.0 Å². The third-order valence-corrected chi connectivity index (χ3v) is 3.65. The molecule has 0 atom stereocenters. The van der Waals surface area contributed by atoms with Gasteiger partial charge < -0.3 is 5.32 Å². The lowest BCUT2D eigenvalue weighted by atomic mass is 10.1. The number of carbonyl (C=O) groups is 1. The molecule has 1 amide bonds. The van der Waals surface area contributed by atoms with Crippen LogP contribution in [0, 0.1) is 6.92 Å².